The zero-order valence-electron chi connectivity index (χ0n) is 10.0. The number of anilines is 1. The summed E-state index contributed by atoms with van der Waals surface area (Å²) in [6.07, 6.45) is 1.07. The summed E-state index contributed by atoms with van der Waals surface area (Å²) in [5, 5.41) is 3.24. The summed E-state index contributed by atoms with van der Waals surface area (Å²) in [4.78, 5) is 0. The molecule has 0 radical (unpaired) electrons. The fourth-order valence-electron chi connectivity index (χ4n) is 1.42. The van der Waals surface area contributed by atoms with E-state index >= 15 is 0 Å². The van der Waals surface area contributed by atoms with Crippen molar-refractivity contribution in [3.63, 3.8) is 0 Å². The third kappa shape index (κ3) is 4.82. The molecule has 0 heterocycles. The third-order valence-corrected chi connectivity index (χ3v) is 2.25. The maximum Gasteiger partial charge on any atom is 0.125 e. The summed E-state index contributed by atoms with van der Waals surface area (Å²) in [6, 6.07) is 5.04. The van der Waals surface area contributed by atoms with Crippen LogP contribution in [0, 0.1) is 18.2 Å². The first-order valence-electron chi connectivity index (χ1n) is 5.38. The van der Waals surface area contributed by atoms with Gasteiger partial charge in [0.15, 0.2) is 0 Å². The summed E-state index contributed by atoms with van der Waals surface area (Å²) < 4.78 is 13.0. The van der Waals surface area contributed by atoms with Gasteiger partial charge in [-0.3, -0.25) is 0 Å². The Balaban J connectivity index is 2.51. The molecule has 0 spiro atoms. The molecule has 0 atom stereocenters. The molecule has 0 bridgehead atoms. The summed E-state index contributed by atoms with van der Waals surface area (Å²) in [5.74, 6) is -0.173. The van der Waals surface area contributed by atoms with Gasteiger partial charge in [0.1, 0.15) is 5.82 Å². The fraction of sp³-hybridized carbons (Fsp3) is 0.538. The largest absolute Gasteiger partial charge is 0.385 e. The maximum absolute atomic E-state index is 13.0. The minimum Gasteiger partial charge on any atom is -0.385 e. The maximum atomic E-state index is 13.0. The van der Waals surface area contributed by atoms with Crippen molar-refractivity contribution in [1.29, 1.82) is 0 Å². The van der Waals surface area contributed by atoms with Gasteiger partial charge < -0.3 is 5.32 Å². The van der Waals surface area contributed by atoms with Crippen LogP contribution < -0.4 is 5.32 Å². The number of nitrogens with one attached hydrogen (secondary N) is 1. The minimum absolute atomic E-state index is 0.173. The van der Waals surface area contributed by atoms with E-state index in [4.69, 9.17) is 0 Å². The molecule has 1 aromatic carbocycles. The average Bonchev–Trinajstić information content (AvgIpc) is 1.99. The molecule has 0 unspecified atom stereocenters. The number of benzene rings is 1. The highest BCUT2D eigenvalue weighted by Gasteiger charge is 2.09. The number of rotatable bonds is 3. The molecule has 0 saturated carbocycles. The second-order valence-corrected chi connectivity index (χ2v) is 5.25. The van der Waals surface area contributed by atoms with E-state index < -0.39 is 0 Å². The smallest absolute Gasteiger partial charge is 0.125 e. The molecule has 0 fully saturated rings. The van der Waals surface area contributed by atoms with Crippen molar-refractivity contribution in [1.82, 2.24) is 0 Å². The Bertz CT molecular complexity index is 306. The molecular weight excluding hydrogens is 189 g/mol. The van der Waals surface area contributed by atoms with E-state index in [1.807, 2.05) is 13.0 Å². The van der Waals surface area contributed by atoms with E-state index in [9.17, 15) is 4.39 Å². The summed E-state index contributed by atoms with van der Waals surface area (Å²) in [6.45, 7) is 9.38. The highest BCUT2D eigenvalue weighted by Crippen LogP contribution is 2.19. The summed E-state index contributed by atoms with van der Waals surface area (Å²) in [5.41, 5.74) is 2.14. The average molecular weight is 209 g/mol. The van der Waals surface area contributed by atoms with Gasteiger partial charge in [0, 0.05) is 12.2 Å². The Morgan fingerprint density at radius 1 is 1.20 bits per heavy atom. The van der Waals surface area contributed by atoms with Crippen molar-refractivity contribution in [2.24, 2.45) is 5.41 Å². The Morgan fingerprint density at radius 3 is 2.40 bits per heavy atom. The van der Waals surface area contributed by atoms with E-state index in [1.54, 1.807) is 0 Å². The zero-order valence-corrected chi connectivity index (χ0v) is 10.0. The Hall–Kier alpha value is -1.05. The van der Waals surface area contributed by atoms with E-state index in [0.717, 1.165) is 24.2 Å². The monoisotopic (exact) mass is 209 g/mol. The Kier molecular flexibility index (Phi) is 3.72. The van der Waals surface area contributed by atoms with Gasteiger partial charge in [-0.2, -0.15) is 0 Å². The lowest BCUT2D eigenvalue weighted by Crippen LogP contribution is -2.12. The molecule has 0 aliphatic rings. The number of hydrogen-bond acceptors (Lipinski definition) is 1. The van der Waals surface area contributed by atoms with Gasteiger partial charge in [-0.15, -0.1) is 0 Å². The molecule has 0 saturated heterocycles. The van der Waals surface area contributed by atoms with Crippen LogP contribution in [0.15, 0.2) is 18.2 Å². The second kappa shape index (κ2) is 4.65. The number of aryl methyl sites for hydroxylation is 1. The van der Waals surface area contributed by atoms with Crippen LogP contribution in [0.25, 0.3) is 0 Å². The fourth-order valence-corrected chi connectivity index (χ4v) is 1.42. The van der Waals surface area contributed by atoms with Gasteiger partial charge >= 0.3 is 0 Å². The first kappa shape index (κ1) is 12.0. The quantitative estimate of drug-likeness (QED) is 0.794. The molecule has 84 valence electrons. The standard InChI is InChI=1S/C13H20FN/c1-10-7-11(14)9-12(8-10)15-6-5-13(2,3)4/h7-9,15H,5-6H2,1-4H3. The van der Waals surface area contributed by atoms with Crippen LogP contribution in [-0.4, -0.2) is 6.54 Å². The summed E-state index contributed by atoms with van der Waals surface area (Å²) in [7, 11) is 0. The lowest BCUT2D eigenvalue weighted by atomic mass is 9.92. The van der Waals surface area contributed by atoms with Crippen molar-refractivity contribution in [3.05, 3.63) is 29.6 Å². The molecule has 0 aliphatic heterocycles. The van der Waals surface area contributed by atoms with Crippen LogP contribution in [0.4, 0.5) is 10.1 Å². The van der Waals surface area contributed by atoms with Gasteiger partial charge in [0.05, 0.1) is 0 Å². The Labute approximate surface area is 91.7 Å². The minimum atomic E-state index is -0.173. The van der Waals surface area contributed by atoms with Crippen LogP contribution in [0.1, 0.15) is 32.8 Å². The lowest BCUT2D eigenvalue weighted by Gasteiger charge is -2.18. The van der Waals surface area contributed by atoms with Crippen LogP contribution in [0.5, 0.6) is 0 Å². The number of hydrogen-bond donors (Lipinski definition) is 1. The van der Waals surface area contributed by atoms with Crippen LogP contribution in [0.2, 0.25) is 0 Å². The van der Waals surface area contributed by atoms with Crippen molar-refractivity contribution in [3.8, 4) is 0 Å². The zero-order chi connectivity index (χ0) is 11.5. The van der Waals surface area contributed by atoms with Gasteiger partial charge in [0.2, 0.25) is 0 Å². The number of halogens is 1. The lowest BCUT2D eigenvalue weighted by molar-refractivity contribution is 0.390. The topological polar surface area (TPSA) is 12.0 Å². The van der Waals surface area contributed by atoms with Crippen molar-refractivity contribution in [2.45, 2.75) is 34.1 Å². The molecule has 1 N–H and O–H groups in total. The van der Waals surface area contributed by atoms with Gasteiger partial charge in [0.25, 0.3) is 0 Å². The predicted octanol–water partition coefficient (Wildman–Crippen LogP) is 3.98. The van der Waals surface area contributed by atoms with E-state index in [2.05, 4.69) is 26.1 Å². The van der Waals surface area contributed by atoms with E-state index in [-0.39, 0.29) is 5.82 Å². The highest BCUT2D eigenvalue weighted by atomic mass is 19.1. The van der Waals surface area contributed by atoms with Crippen molar-refractivity contribution >= 4 is 5.69 Å². The van der Waals surface area contributed by atoms with Gasteiger partial charge in [-0.1, -0.05) is 20.8 Å². The summed E-state index contributed by atoms with van der Waals surface area (Å²) >= 11 is 0. The van der Waals surface area contributed by atoms with E-state index in [1.165, 1.54) is 12.1 Å². The second-order valence-electron chi connectivity index (χ2n) is 5.25. The third-order valence-electron chi connectivity index (χ3n) is 2.25. The van der Waals surface area contributed by atoms with Crippen molar-refractivity contribution < 1.29 is 4.39 Å². The SMILES string of the molecule is Cc1cc(F)cc(NCCC(C)(C)C)c1. The predicted molar refractivity (Wildman–Crippen MR) is 63.7 cm³/mol. The normalized spacial score (nSPS) is 11.5. The molecule has 1 aromatic rings. The highest BCUT2D eigenvalue weighted by molar-refractivity contribution is 5.45. The molecule has 0 aliphatic carbocycles. The first-order chi connectivity index (χ1) is 6.87. The van der Waals surface area contributed by atoms with Crippen LogP contribution in [-0.2, 0) is 0 Å². The van der Waals surface area contributed by atoms with E-state index in [0.29, 0.717) is 5.41 Å². The molecule has 2 heteroatoms. The van der Waals surface area contributed by atoms with Crippen LogP contribution in [0.3, 0.4) is 0 Å². The van der Waals surface area contributed by atoms with Crippen molar-refractivity contribution in [2.75, 3.05) is 11.9 Å². The first-order valence-corrected chi connectivity index (χ1v) is 5.38. The van der Waals surface area contributed by atoms with Gasteiger partial charge in [-0.05, 0) is 42.5 Å². The molecule has 15 heavy (non-hydrogen) atoms. The molecule has 0 amide bonds. The molecule has 0 aromatic heterocycles. The van der Waals surface area contributed by atoms with Crippen LogP contribution >= 0.6 is 0 Å². The molecule has 1 nitrogen and oxygen atoms in total. The molecule has 1 rings (SSSR count). The van der Waals surface area contributed by atoms with Gasteiger partial charge in [-0.25, -0.2) is 4.39 Å². The Morgan fingerprint density at radius 2 is 1.87 bits per heavy atom. The molecular formula is C13H20FN.